The van der Waals surface area contributed by atoms with Gasteiger partial charge in [-0.2, -0.15) is 0 Å². The Kier molecular flexibility index (Phi) is 3.68. The highest BCUT2D eigenvalue weighted by molar-refractivity contribution is 6.87. The normalized spacial score (nSPS) is 14.5. The Morgan fingerprint density at radius 1 is 1.15 bits per heavy atom. The van der Waals surface area contributed by atoms with Gasteiger partial charge in [0, 0.05) is 0 Å². The van der Waals surface area contributed by atoms with Crippen LogP contribution in [0.15, 0.2) is 11.3 Å². The van der Waals surface area contributed by atoms with E-state index in [0.29, 0.717) is 0 Å². The molecule has 0 radical (unpaired) electrons. The minimum absolute atomic E-state index is 0.112. The molecule has 0 unspecified atom stereocenters. The minimum atomic E-state index is -1.45. The molecule has 0 aromatic heterocycles. The molecule has 0 N–H and O–H groups in total. The molecule has 0 aromatic rings. The average molecular weight is 198 g/mol. The fourth-order valence-corrected chi connectivity index (χ4v) is 3.20. The van der Waals surface area contributed by atoms with E-state index >= 15 is 0 Å². The summed E-state index contributed by atoms with van der Waals surface area (Å²) in [6, 6.07) is 0. The molecule has 13 heavy (non-hydrogen) atoms. The lowest BCUT2D eigenvalue weighted by Gasteiger charge is -2.23. The first-order valence-corrected chi connectivity index (χ1v) is 8.28. The van der Waals surface area contributed by atoms with Gasteiger partial charge in [-0.25, -0.2) is 0 Å². The van der Waals surface area contributed by atoms with Crippen molar-refractivity contribution in [2.45, 2.75) is 47.3 Å². The van der Waals surface area contributed by atoms with Crippen molar-refractivity contribution >= 4 is 13.9 Å². The van der Waals surface area contributed by atoms with Crippen molar-refractivity contribution in [2.75, 3.05) is 0 Å². The monoisotopic (exact) mass is 198 g/mol. The largest absolute Gasteiger partial charge is 0.295 e. The molecule has 0 amide bonds. The maximum Gasteiger partial charge on any atom is 0.151 e. The Hall–Kier alpha value is -0.373. The second-order valence-electron chi connectivity index (χ2n) is 5.73. The van der Waals surface area contributed by atoms with Gasteiger partial charge >= 0.3 is 0 Å². The van der Waals surface area contributed by atoms with Gasteiger partial charge in [0.1, 0.15) is 0 Å². The molecule has 0 saturated carbocycles. The van der Waals surface area contributed by atoms with Crippen molar-refractivity contribution in [1.82, 2.24) is 0 Å². The van der Waals surface area contributed by atoms with Gasteiger partial charge in [0.25, 0.3) is 0 Å². The number of hydrogen-bond acceptors (Lipinski definition) is 1. The van der Waals surface area contributed by atoms with Crippen molar-refractivity contribution in [1.29, 1.82) is 0 Å². The molecule has 2 heteroatoms. The second kappa shape index (κ2) is 3.78. The third-order valence-electron chi connectivity index (χ3n) is 1.76. The van der Waals surface area contributed by atoms with Crippen LogP contribution in [-0.4, -0.2) is 13.9 Å². The van der Waals surface area contributed by atoms with E-state index in [-0.39, 0.29) is 11.2 Å². The predicted octanol–water partition coefficient (Wildman–Crippen LogP) is 3.43. The fourth-order valence-electron chi connectivity index (χ4n) is 1.28. The molecule has 0 heterocycles. The topological polar surface area (TPSA) is 17.1 Å². The third-order valence-corrected chi connectivity index (χ3v) is 3.88. The summed E-state index contributed by atoms with van der Waals surface area (Å²) in [4.78, 5) is 11.4. The fraction of sp³-hybridized carbons (Fsp3) is 0.727. The Labute approximate surface area is 83.2 Å². The molecular weight excluding hydrogens is 176 g/mol. The summed E-state index contributed by atoms with van der Waals surface area (Å²) in [5, 5.41) is 1.07. The summed E-state index contributed by atoms with van der Waals surface area (Å²) in [7, 11) is -1.45. The zero-order valence-corrected chi connectivity index (χ0v) is 11.0. The van der Waals surface area contributed by atoms with Crippen LogP contribution in [-0.2, 0) is 4.79 Å². The molecule has 0 spiro atoms. The number of ketones is 1. The van der Waals surface area contributed by atoms with Gasteiger partial charge in [-0.15, -0.1) is 0 Å². The quantitative estimate of drug-likeness (QED) is 0.491. The maximum atomic E-state index is 11.4. The van der Waals surface area contributed by atoms with Crippen LogP contribution >= 0.6 is 0 Å². The Bertz CT molecular complexity index is 225. The van der Waals surface area contributed by atoms with E-state index in [4.69, 9.17) is 0 Å². The number of hydrogen-bond donors (Lipinski definition) is 0. The predicted molar refractivity (Wildman–Crippen MR) is 61.6 cm³/mol. The number of carbonyl (C=O) groups excluding carboxylic acids is 1. The average Bonchev–Trinajstić information content (AvgIpc) is 1.77. The zero-order valence-electron chi connectivity index (χ0n) is 9.99. The van der Waals surface area contributed by atoms with E-state index in [1.54, 1.807) is 6.92 Å². The van der Waals surface area contributed by atoms with E-state index in [1.165, 1.54) is 0 Å². The first-order valence-electron chi connectivity index (χ1n) is 4.78. The van der Waals surface area contributed by atoms with Crippen LogP contribution in [0.2, 0.25) is 19.6 Å². The van der Waals surface area contributed by atoms with Crippen molar-refractivity contribution in [2.24, 2.45) is 5.41 Å². The summed E-state index contributed by atoms with van der Waals surface area (Å²) in [6.07, 6.45) is 2.14. The van der Waals surface area contributed by atoms with Crippen molar-refractivity contribution in [3.63, 3.8) is 0 Å². The van der Waals surface area contributed by atoms with Crippen LogP contribution in [0.4, 0.5) is 0 Å². The van der Waals surface area contributed by atoms with Crippen LogP contribution in [0.1, 0.15) is 27.7 Å². The van der Waals surface area contributed by atoms with Crippen LogP contribution in [0, 0.1) is 5.41 Å². The van der Waals surface area contributed by atoms with Crippen molar-refractivity contribution in [3.8, 4) is 0 Å². The SMILES string of the molecule is CC(=O)/C(=C/C(C)(C)C)[Si](C)(C)C. The summed E-state index contributed by atoms with van der Waals surface area (Å²) in [5.74, 6) is 0.245. The molecule has 0 bridgehead atoms. The minimum Gasteiger partial charge on any atom is -0.295 e. The third kappa shape index (κ3) is 5.04. The van der Waals surface area contributed by atoms with Gasteiger partial charge in [-0.3, -0.25) is 4.79 Å². The van der Waals surface area contributed by atoms with Crippen LogP contribution in [0.5, 0.6) is 0 Å². The highest BCUT2D eigenvalue weighted by atomic mass is 28.3. The lowest BCUT2D eigenvalue weighted by Crippen LogP contribution is -2.29. The lowest BCUT2D eigenvalue weighted by atomic mass is 9.96. The molecule has 0 fully saturated rings. The van der Waals surface area contributed by atoms with E-state index in [0.717, 1.165) is 5.20 Å². The lowest BCUT2D eigenvalue weighted by molar-refractivity contribution is -0.113. The van der Waals surface area contributed by atoms with Crippen LogP contribution in [0.3, 0.4) is 0 Å². The van der Waals surface area contributed by atoms with Gasteiger partial charge in [0.2, 0.25) is 0 Å². The number of allylic oxidation sites excluding steroid dienone is 2. The molecule has 0 aromatic carbocycles. The molecule has 0 aliphatic carbocycles. The van der Waals surface area contributed by atoms with E-state index in [9.17, 15) is 4.79 Å². The summed E-state index contributed by atoms with van der Waals surface area (Å²) < 4.78 is 0. The van der Waals surface area contributed by atoms with Crippen LogP contribution < -0.4 is 0 Å². The molecule has 0 aliphatic heterocycles. The molecule has 0 atom stereocenters. The summed E-state index contributed by atoms with van der Waals surface area (Å²) in [6.45, 7) is 14.7. The number of rotatable bonds is 2. The standard InChI is InChI=1S/C11H22OSi/c1-9(12)10(13(5,6)7)8-11(2,3)4/h8H,1-7H3/b10-8-. The molecule has 76 valence electrons. The van der Waals surface area contributed by atoms with E-state index < -0.39 is 8.07 Å². The Morgan fingerprint density at radius 2 is 1.54 bits per heavy atom. The Balaban J connectivity index is 5.06. The van der Waals surface area contributed by atoms with Gasteiger partial charge in [0.05, 0.1) is 8.07 Å². The second-order valence-corrected chi connectivity index (χ2v) is 10.8. The van der Waals surface area contributed by atoms with Gasteiger partial charge in [-0.1, -0.05) is 46.5 Å². The highest BCUT2D eigenvalue weighted by Gasteiger charge is 2.24. The Morgan fingerprint density at radius 3 is 1.62 bits per heavy atom. The molecule has 0 rings (SSSR count). The number of Topliss-reactive ketones (excluding diaryl/α,β-unsaturated/α-hetero) is 1. The number of carbonyl (C=O) groups is 1. The summed E-state index contributed by atoms with van der Waals surface area (Å²) >= 11 is 0. The molecular formula is C11H22OSi. The molecule has 0 aliphatic rings. The van der Waals surface area contributed by atoms with Gasteiger partial charge in [0.15, 0.2) is 5.78 Å². The summed E-state index contributed by atoms with van der Waals surface area (Å²) in [5.41, 5.74) is 0.112. The molecule has 1 nitrogen and oxygen atoms in total. The first kappa shape index (κ1) is 12.6. The van der Waals surface area contributed by atoms with Crippen molar-refractivity contribution in [3.05, 3.63) is 11.3 Å². The highest BCUT2D eigenvalue weighted by Crippen LogP contribution is 2.23. The maximum absolute atomic E-state index is 11.4. The molecule has 0 saturated heterocycles. The smallest absolute Gasteiger partial charge is 0.151 e. The zero-order chi connectivity index (χ0) is 10.9. The van der Waals surface area contributed by atoms with Crippen molar-refractivity contribution < 1.29 is 4.79 Å². The van der Waals surface area contributed by atoms with Gasteiger partial charge in [-0.05, 0) is 17.5 Å². The van der Waals surface area contributed by atoms with Gasteiger partial charge < -0.3 is 0 Å². The van der Waals surface area contributed by atoms with Crippen LogP contribution in [0.25, 0.3) is 0 Å². The first-order chi connectivity index (χ1) is 5.54. The van der Waals surface area contributed by atoms with E-state index in [2.05, 4.69) is 46.5 Å². The van der Waals surface area contributed by atoms with E-state index in [1.807, 2.05) is 0 Å².